The summed E-state index contributed by atoms with van der Waals surface area (Å²) in [6, 6.07) is 18.8. The van der Waals surface area contributed by atoms with Crippen molar-refractivity contribution in [1.82, 2.24) is 20.2 Å². The van der Waals surface area contributed by atoms with Gasteiger partial charge in [0, 0.05) is 16.5 Å². The van der Waals surface area contributed by atoms with Crippen LogP contribution >= 0.6 is 15.9 Å². The van der Waals surface area contributed by atoms with E-state index >= 15 is 0 Å². The summed E-state index contributed by atoms with van der Waals surface area (Å²) < 4.78 is 20.6. The number of nitrogens with one attached hydrogen (secondary N) is 2. The number of ether oxygens (including phenoxy) is 1. The molecule has 10 heteroatoms. The Hall–Kier alpha value is -4.02. The molecule has 3 N–H and O–H groups in total. The molecule has 8 nitrogen and oxygen atoms in total. The zero-order valence-corrected chi connectivity index (χ0v) is 21.7. The molecule has 1 unspecified atom stereocenters. The molecule has 1 aliphatic heterocycles. The third-order valence-electron chi connectivity index (χ3n) is 6.26. The Kier molecular flexibility index (Phi) is 7.52. The summed E-state index contributed by atoms with van der Waals surface area (Å²) in [5, 5.41) is 11.7. The van der Waals surface area contributed by atoms with Crippen LogP contribution in [-0.4, -0.2) is 45.1 Å². The molecule has 3 aromatic carbocycles. The van der Waals surface area contributed by atoms with Crippen molar-refractivity contribution in [3.8, 4) is 17.0 Å². The van der Waals surface area contributed by atoms with Gasteiger partial charge in [0.1, 0.15) is 36.1 Å². The number of aromatic nitrogens is 2. The predicted molar refractivity (Wildman–Crippen MR) is 142 cm³/mol. The lowest BCUT2D eigenvalue weighted by atomic mass is 10.0. The molecule has 4 aromatic rings. The zero-order chi connectivity index (χ0) is 26.6. The molecule has 0 aliphatic carbocycles. The molecule has 1 saturated heterocycles. The first-order chi connectivity index (χ1) is 18.4. The number of aliphatic hydroxyl groups excluding tert-OH is 1. The van der Waals surface area contributed by atoms with Crippen molar-refractivity contribution in [3.05, 3.63) is 106 Å². The number of hydrogen-bond donors (Lipinski definition) is 3. The Labute approximate surface area is 226 Å². The van der Waals surface area contributed by atoms with Gasteiger partial charge in [0.25, 0.3) is 5.91 Å². The lowest BCUT2D eigenvalue weighted by Crippen LogP contribution is -2.36. The summed E-state index contributed by atoms with van der Waals surface area (Å²) in [6.07, 6.45) is 1.82. The quantitative estimate of drug-likeness (QED) is 0.244. The Morgan fingerprint density at radius 1 is 1.08 bits per heavy atom. The maximum absolute atomic E-state index is 14.6. The highest BCUT2D eigenvalue weighted by atomic mass is 79.9. The summed E-state index contributed by atoms with van der Waals surface area (Å²) in [5.74, 6) is 0.0492. The van der Waals surface area contributed by atoms with E-state index in [4.69, 9.17) is 9.84 Å². The van der Waals surface area contributed by atoms with Crippen LogP contribution in [0.25, 0.3) is 11.3 Å². The van der Waals surface area contributed by atoms with Gasteiger partial charge in [0.2, 0.25) is 0 Å². The summed E-state index contributed by atoms with van der Waals surface area (Å²) in [7, 11) is 0. The van der Waals surface area contributed by atoms with Gasteiger partial charge in [0.05, 0.1) is 18.5 Å². The highest BCUT2D eigenvalue weighted by molar-refractivity contribution is 9.10. The number of imide groups is 1. The first kappa shape index (κ1) is 25.6. The minimum Gasteiger partial charge on any atom is -0.491 e. The fourth-order valence-corrected chi connectivity index (χ4v) is 4.77. The van der Waals surface area contributed by atoms with Gasteiger partial charge in [-0.1, -0.05) is 58.4 Å². The van der Waals surface area contributed by atoms with E-state index in [2.05, 4.69) is 31.2 Å². The van der Waals surface area contributed by atoms with Crippen molar-refractivity contribution in [2.45, 2.75) is 18.5 Å². The topological polar surface area (TPSA) is 108 Å². The highest BCUT2D eigenvalue weighted by Gasteiger charge is 2.44. The Morgan fingerprint density at radius 3 is 2.55 bits per heavy atom. The number of rotatable bonds is 9. The summed E-state index contributed by atoms with van der Waals surface area (Å²) in [4.78, 5) is 35.6. The van der Waals surface area contributed by atoms with E-state index in [0.29, 0.717) is 39.3 Å². The maximum Gasteiger partial charge on any atom is 0.325 e. The minimum atomic E-state index is -0.883. The number of nitrogens with zero attached hydrogens (tertiary/aromatic N) is 2. The maximum atomic E-state index is 14.6. The van der Waals surface area contributed by atoms with Gasteiger partial charge in [-0.3, -0.25) is 9.69 Å². The van der Waals surface area contributed by atoms with Crippen LogP contribution in [-0.2, 0) is 11.2 Å². The van der Waals surface area contributed by atoms with E-state index in [0.717, 1.165) is 5.56 Å². The Morgan fingerprint density at radius 2 is 1.84 bits per heavy atom. The fraction of sp³-hybridized carbons (Fsp3) is 0.179. The molecule has 2 heterocycles. The second-order valence-corrected chi connectivity index (χ2v) is 9.66. The number of H-pyrrole nitrogens is 1. The number of aromatic amines is 1. The van der Waals surface area contributed by atoms with Gasteiger partial charge >= 0.3 is 6.03 Å². The average molecular weight is 579 g/mol. The second kappa shape index (κ2) is 11.2. The smallest absolute Gasteiger partial charge is 0.325 e. The molecule has 0 radical (unpaired) electrons. The summed E-state index contributed by atoms with van der Waals surface area (Å²) >= 11 is 3.26. The molecule has 3 amide bonds. The van der Waals surface area contributed by atoms with Crippen LogP contribution in [0.5, 0.6) is 5.75 Å². The van der Waals surface area contributed by atoms with E-state index in [1.807, 2.05) is 30.3 Å². The van der Waals surface area contributed by atoms with Crippen LogP contribution < -0.4 is 10.1 Å². The van der Waals surface area contributed by atoms with Gasteiger partial charge < -0.3 is 20.1 Å². The largest absolute Gasteiger partial charge is 0.491 e. The average Bonchev–Trinajstić information content (AvgIpc) is 3.51. The molecule has 0 saturated carbocycles. The number of hydrogen-bond acceptors (Lipinski definition) is 5. The molecule has 0 bridgehead atoms. The normalized spacial score (nSPS) is 16.0. The van der Waals surface area contributed by atoms with Crippen LogP contribution in [0.2, 0.25) is 0 Å². The molecule has 1 fully saturated rings. The number of urea groups is 1. The van der Waals surface area contributed by atoms with Crippen molar-refractivity contribution in [3.63, 3.8) is 0 Å². The van der Waals surface area contributed by atoms with Crippen LogP contribution in [0.3, 0.4) is 0 Å². The molecule has 2 atom stereocenters. The monoisotopic (exact) mass is 578 g/mol. The molecular formula is C28H24BrFN4O4. The van der Waals surface area contributed by atoms with Crippen molar-refractivity contribution < 1.29 is 23.8 Å². The fourth-order valence-electron chi connectivity index (χ4n) is 4.43. The number of carbonyl (C=O) groups excluding carboxylic acids is 2. The number of halogens is 2. The number of carbonyl (C=O) groups is 2. The molecule has 0 spiro atoms. The molecular weight excluding hydrogens is 555 g/mol. The number of benzene rings is 3. The lowest BCUT2D eigenvalue weighted by Gasteiger charge is -2.24. The summed E-state index contributed by atoms with van der Waals surface area (Å²) in [6.45, 7) is 0.0440. The third-order valence-corrected chi connectivity index (χ3v) is 6.75. The second-order valence-electron chi connectivity index (χ2n) is 8.74. The van der Waals surface area contributed by atoms with Gasteiger partial charge in [-0.15, -0.1) is 0 Å². The molecule has 1 aromatic heterocycles. The minimum absolute atomic E-state index is 0.111. The van der Waals surface area contributed by atoms with Crippen molar-refractivity contribution in [2.24, 2.45) is 0 Å². The molecule has 194 valence electrons. The van der Waals surface area contributed by atoms with Gasteiger partial charge in [-0.2, -0.15) is 0 Å². The highest BCUT2D eigenvalue weighted by Crippen LogP contribution is 2.33. The standard InChI is InChI=1S/C28H24BrFN4O4/c29-19-8-11-21(22(30)15-19)23-16-31-26(32-23)24(14-17-4-2-1-3-5-17)34-27(36)25(33-28(34)37)18-6-9-20(10-7-18)38-13-12-35/h1-11,15-16,24-25,35H,12-14H2,(H,31,32)(H,33,37)/t24-,25?/m0/s1. The van der Waals surface area contributed by atoms with Crippen molar-refractivity contribution in [2.75, 3.05) is 13.2 Å². The van der Waals surface area contributed by atoms with Crippen LogP contribution in [0, 0.1) is 5.82 Å². The van der Waals surface area contributed by atoms with Crippen LogP contribution in [0.15, 0.2) is 83.5 Å². The van der Waals surface area contributed by atoms with E-state index in [-0.39, 0.29) is 13.2 Å². The van der Waals surface area contributed by atoms with E-state index < -0.39 is 29.8 Å². The zero-order valence-electron chi connectivity index (χ0n) is 20.1. The van der Waals surface area contributed by atoms with Crippen LogP contribution in [0.1, 0.15) is 29.0 Å². The van der Waals surface area contributed by atoms with Crippen LogP contribution in [0.4, 0.5) is 9.18 Å². The van der Waals surface area contributed by atoms with Crippen molar-refractivity contribution >= 4 is 27.9 Å². The molecule has 5 rings (SSSR count). The Bertz CT molecular complexity index is 1450. The Balaban J connectivity index is 1.46. The molecule has 1 aliphatic rings. The molecule has 38 heavy (non-hydrogen) atoms. The predicted octanol–water partition coefficient (Wildman–Crippen LogP) is 4.93. The first-order valence-corrected chi connectivity index (χ1v) is 12.8. The number of imidazole rings is 1. The lowest BCUT2D eigenvalue weighted by molar-refractivity contribution is -0.129. The summed E-state index contributed by atoms with van der Waals surface area (Å²) in [5.41, 5.74) is 2.26. The SMILES string of the molecule is O=C1NC(c2ccc(OCCO)cc2)C(=O)N1[C@@H](Cc1ccccc1)c1ncc(-c2ccc(Br)cc2F)[nH]1. The first-order valence-electron chi connectivity index (χ1n) is 12.0. The van der Waals surface area contributed by atoms with E-state index in [9.17, 15) is 14.0 Å². The van der Waals surface area contributed by atoms with Gasteiger partial charge in [-0.25, -0.2) is 14.2 Å². The van der Waals surface area contributed by atoms with E-state index in [1.165, 1.54) is 17.2 Å². The van der Waals surface area contributed by atoms with Gasteiger partial charge in [0.15, 0.2) is 0 Å². The van der Waals surface area contributed by atoms with Gasteiger partial charge in [-0.05, 0) is 41.5 Å². The third kappa shape index (κ3) is 5.32. The number of amides is 3. The van der Waals surface area contributed by atoms with E-state index in [1.54, 1.807) is 36.4 Å². The number of aliphatic hydroxyl groups is 1. The van der Waals surface area contributed by atoms with Crippen molar-refractivity contribution in [1.29, 1.82) is 0 Å².